The molecule has 3 aromatic rings. The van der Waals surface area contributed by atoms with Gasteiger partial charge in [-0.05, 0) is 59.3 Å². The van der Waals surface area contributed by atoms with Gasteiger partial charge in [0.1, 0.15) is 17.0 Å². The number of nitrogens with zero attached hydrogens (tertiary/aromatic N) is 4. The van der Waals surface area contributed by atoms with Crippen LogP contribution in [0.2, 0.25) is 5.02 Å². The Balaban J connectivity index is 1.92. The molecule has 124 valence electrons. The molecular formula is C14H11ClFN5O2S. The van der Waals surface area contributed by atoms with E-state index in [4.69, 9.17) is 11.6 Å². The third-order valence-electron chi connectivity index (χ3n) is 3.23. The fourth-order valence-electron chi connectivity index (χ4n) is 2.15. The largest absolute Gasteiger partial charge is 0.280 e. The van der Waals surface area contributed by atoms with Crippen LogP contribution >= 0.6 is 11.6 Å². The lowest BCUT2D eigenvalue weighted by Gasteiger charge is -2.11. The van der Waals surface area contributed by atoms with Crippen LogP contribution in [0.4, 0.5) is 10.1 Å². The lowest BCUT2D eigenvalue weighted by Crippen LogP contribution is -2.14. The smallest absolute Gasteiger partial charge is 0.263 e. The van der Waals surface area contributed by atoms with E-state index in [1.165, 1.54) is 11.0 Å². The first-order valence-electron chi connectivity index (χ1n) is 6.69. The van der Waals surface area contributed by atoms with Crippen LogP contribution in [0.5, 0.6) is 0 Å². The molecule has 0 spiro atoms. The first-order chi connectivity index (χ1) is 11.4. The monoisotopic (exact) mass is 367 g/mol. The van der Waals surface area contributed by atoms with E-state index in [2.05, 4.69) is 20.2 Å². The summed E-state index contributed by atoms with van der Waals surface area (Å²) in [5.74, 6) is -0.611. The molecule has 0 atom stereocenters. The molecule has 0 radical (unpaired) electrons. The van der Waals surface area contributed by atoms with E-state index >= 15 is 0 Å². The highest BCUT2D eigenvalue weighted by Crippen LogP contribution is 2.26. The molecule has 2 aromatic carbocycles. The minimum atomic E-state index is -3.94. The number of anilines is 1. The summed E-state index contributed by atoms with van der Waals surface area (Å²) in [5, 5.41) is 10.7. The maximum Gasteiger partial charge on any atom is 0.263 e. The van der Waals surface area contributed by atoms with Crippen LogP contribution in [0.1, 0.15) is 5.56 Å². The molecule has 1 heterocycles. The number of aryl methyl sites for hydroxylation is 1. The summed E-state index contributed by atoms with van der Waals surface area (Å²) < 4.78 is 41.8. The Morgan fingerprint density at radius 3 is 2.62 bits per heavy atom. The number of benzene rings is 2. The van der Waals surface area contributed by atoms with Crippen LogP contribution in [0.25, 0.3) is 5.69 Å². The Labute approximate surface area is 142 Å². The maximum atomic E-state index is 13.1. The Morgan fingerprint density at radius 2 is 2.00 bits per heavy atom. The molecule has 7 nitrogen and oxygen atoms in total. The SMILES string of the molecule is Cc1cc(NS(=O)(=O)c2ccc(F)cc2Cl)ccc1-n1cnnn1. The highest BCUT2D eigenvalue weighted by Gasteiger charge is 2.19. The van der Waals surface area contributed by atoms with Gasteiger partial charge in [0, 0.05) is 5.69 Å². The van der Waals surface area contributed by atoms with Crippen LogP contribution in [0.3, 0.4) is 0 Å². The van der Waals surface area contributed by atoms with Gasteiger partial charge in [0.25, 0.3) is 10.0 Å². The van der Waals surface area contributed by atoms with E-state index < -0.39 is 15.8 Å². The molecule has 10 heteroatoms. The highest BCUT2D eigenvalue weighted by molar-refractivity contribution is 7.92. The Kier molecular flexibility index (Phi) is 4.20. The average Bonchev–Trinajstić information content (AvgIpc) is 3.00. The molecule has 1 aromatic heterocycles. The van der Waals surface area contributed by atoms with Gasteiger partial charge in [0.2, 0.25) is 0 Å². The number of sulfonamides is 1. The van der Waals surface area contributed by atoms with Crippen molar-refractivity contribution in [3.63, 3.8) is 0 Å². The second kappa shape index (κ2) is 6.17. The van der Waals surface area contributed by atoms with Crippen molar-refractivity contribution in [2.75, 3.05) is 4.72 Å². The lowest BCUT2D eigenvalue weighted by molar-refractivity contribution is 0.600. The molecule has 1 N–H and O–H groups in total. The summed E-state index contributed by atoms with van der Waals surface area (Å²) in [7, 11) is -3.94. The lowest BCUT2D eigenvalue weighted by atomic mass is 10.2. The molecule has 0 saturated heterocycles. The number of hydrogen-bond acceptors (Lipinski definition) is 5. The number of aromatic nitrogens is 4. The van der Waals surface area contributed by atoms with Gasteiger partial charge in [-0.15, -0.1) is 5.10 Å². The summed E-state index contributed by atoms with van der Waals surface area (Å²) in [6.07, 6.45) is 1.43. The molecule has 3 rings (SSSR count). The second-order valence-corrected chi connectivity index (χ2v) is 6.99. The maximum absolute atomic E-state index is 13.1. The molecule has 24 heavy (non-hydrogen) atoms. The van der Waals surface area contributed by atoms with Gasteiger partial charge in [-0.25, -0.2) is 17.5 Å². The predicted octanol–water partition coefficient (Wildman–Crippen LogP) is 2.56. The van der Waals surface area contributed by atoms with E-state index in [0.717, 1.165) is 23.8 Å². The van der Waals surface area contributed by atoms with Gasteiger partial charge in [-0.3, -0.25) is 4.72 Å². The summed E-state index contributed by atoms with van der Waals surface area (Å²) in [5.41, 5.74) is 1.81. The zero-order valence-electron chi connectivity index (χ0n) is 12.3. The molecule has 0 bridgehead atoms. The van der Waals surface area contributed by atoms with Crippen molar-refractivity contribution in [3.05, 3.63) is 59.1 Å². The van der Waals surface area contributed by atoms with Crippen LogP contribution in [0, 0.1) is 12.7 Å². The zero-order valence-corrected chi connectivity index (χ0v) is 13.9. The molecule has 0 aliphatic heterocycles. The van der Waals surface area contributed by atoms with Crippen molar-refractivity contribution in [2.24, 2.45) is 0 Å². The summed E-state index contributed by atoms with van der Waals surface area (Å²) >= 11 is 5.82. The quantitative estimate of drug-likeness (QED) is 0.765. The summed E-state index contributed by atoms with van der Waals surface area (Å²) in [6, 6.07) is 7.97. The van der Waals surface area contributed by atoms with Crippen molar-refractivity contribution >= 4 is 27.3 Å². The van der Waals surface area contributed by atoms with E-state index in [1.54, 1.807) is 25.1 Å². The molecule has 0 fully saturated rings. The number of halogens is 2. The third-order valence-corrected chi connectivity index (χ3v) is 5.09. The van der Waals surface area contributed by atoms with Crippen LogP contribution in [-0.2, 0) is 10.0 Å². The number of nitrogens with one attached hydrogen (secondary N) is 1. The Bertz CT molecular complexity index is 992. The van der Waals surface area contributed by atoms with Gasteiger partial charge in [-0.1, -0.05) is 11.6 Å². The molecule has 0 unspecified atom stereocenters. The number of rotatable bonds is 4. The Morgan fingerprint density at radius 1 is 1.21 bits per heavy atom. The first kappa shape index (κ1) is 16.3. The van der Waals surface area contributed by atoms with E-state index in [1.807, 2.05) is 0 Å². The third kappa shape index (κ3) is 3.22. The predicted molar refractivity (Wildman–Crippen MR) is 86.1 cm³/mol. The Hall–Kier alpha value is -2.52. The van der Waals surface area contributed by atoms with Crippen molar-refractivity contribution in [2.45, 2.75) is 11.8 Å². The second-order valence-electron chi connectivity index (χ2n) is 4.94. The summed E-state index contributed by atoms with van der Waals surface area (Å²) in [4.78, 5) is -0.201. The fraction of sp³-hybridized carbons (Fsp3) is 0.0714. The van der Waals surface area contributed by atoms with Crippen molar-refractivity contribution in [1.29, 1.82) is 0 Å². The minimum absolute atomic E-state index is 0.190. The van der Waals surface area contributed by atoms with Crippen molar-refractivity contribution in [1.82, 2.24) is 20.2 Å². The molecule has 0 aliphatic carbocycles. The standard InChI is InChI=1S/C14H11ClFN5O2S/c1-9-6-11(3-4-13(9)21-8-17-19-20-21)18-24(22,23)14-5-2-10(16)7-12(14)15/h2-8,18H,1H3. The highest BCUT2D eigenvalue weighted by atomic mass is 35.5. The van der Waals surface area contributed by atoms with Crippen LogP contribution < -0.4 is 4.72 Å². The van der Waals surface area contributed by atoms with Gasteiger partial charge in [-0.2, -0.15) is 0 Å². The number of tetrazole rings is 1. The number of hydrogen-bond donors (Lipinski definition) is 1. The summed E-state index contributed by atoms with van der Waals surface area (Å²) in [6.45, 7) is 1.79. The molecule has 0 saturated carbocycles. The van der Waals surface area contributed by atoms with E-state index in [0.29, 0.717) is 11.4 Å². The average molecular weight is 368 g/mol. The van der Waals surface area contributed by atoms with Gasteiger partial charge < -0.3 is 0 Å². The molecular weight excluding hydrogens is 357 g/mol. The van der Waals surface area contributed by atoms with E-state index in [-0.39, 0.29) is 9.92 Å². The van der Waals surface area contributed by atoms with E-state index in [9.17, 15) is 12.8 Å². The minimum Gasteiger partial charge on any atom is -0.280 e. The van der Waals surface area contributed by atoms with Crippen LogP contribution in [-0.4, -0.2) is 28.6 Å². The first-order valence-corrected chi connectivity index (χ1v) is 8.55. The molecule has 0 aliphatic rings. The normalized spacial score (nSPS) is 11.5. The van der Waals surface area contributed by atoms with Gasteiger partial charge in [0.05, 0.1) is 10.7 Å². The van der Waals surface area contributed by atoms with Gasteiger partial charge in [0.15, 0.2) is 0 Å². The fourth-order valence-corrected chi connectivity index (χ4v) is 3.73. The topological polar surface area (TPSA) is 89.8 Å². The van der Waals surface area contributed by atoms with Gasteiger partial charge >= 0.3 is 0 Å². The van der Waals surface area contributed by atoms with Crippen molar-refractivity contribution in [3.8, 4) is 5.69 Å². The molecule has 0 amide bonds. The zero-order chi connectivity index (χ0) is 17.3. The van der Waals surface area contributed by atoms with Crippen molar-refractivity contribution < 1.29 is 12.8 Å². The van der Waals surface area contributed by atoms with Crippen LogP contribution in [0.15, 0.2) is 47.6 Å².